The Labute approximate surface area is 112 Å². The van der Waals surface area contributed by atoms with Crippen LogP contribution in [0.2, 0.25) is 0 Å². The molecule has 98 valence electrons. The van der Waals surface area contributed by atoms with Crippen molar-refractivity contribution in [1.82, 2.24) is 5.32 Å². The number of methoxy groups -OCH3 is 1. The number of benzene rings is 1. The van der Waals surface area contributed by atoms with E-state index in [1.165, 1.54) is 5.56 Å². The van der Waals surface area contributed by atoms with Gasteiger partial charge in [0.05, 0.1) is 12.4 Å². The lowest BCUT2D eigenvalue weighted by Crippen LogP contribution is -2.32. The Kier molecular flexibility index (Phi) is 4.53. The molecule has 1 N–H and O–H groups in total. The molecule has 0 spiro atoms. The second-order valence-electron chi connectivity index (χ2n) is 4.59. The standard InChI is InChI=1S/C14H19NO2S/c1-10(14(16)15-12-6-7-12)18-9-11-4-3-5-13(8-11)17-2/h3-5,8,10,12H,6-7,9H2,1-2H3,(H,15,16)/t10-/m1/s1. The van der Waals surface area contributed by atoms with E-state index < -0.39 is 0 Å². The molecule has 1 aromatic carbocycles. The van der Waals surface area contributed by atoms with Crippen LogP contribution < -0.4 is 10.1 Å². The highest BCUT2D eigenvalue weighted by Crippen LogP contribution is 2.23. The number of hydrogen-bond acceptors (Lipinski definition) is 3. The second kappa shape index (κ2) is 6.14. The minimum atomic E-state index is -0.00296. The molecule has 1 aromatic rings. The molecular weight excluding hydrogens is 246 g/mol. The van der Waals surface area contributed by atoms with E-state index in [0.717, 1.165) is 24.3 Å². The molecule has 0 aliphatic heterocycles. The fourth-order valence-electron chi connectivity index (χ4n) is 1.61. The van der Waals surface area contributed by atoms with Crippen molar-refractivity contribution in [3.63, 3.8) is 0 Å². The van der Waals surface area contributed by atoms with Crippen molar-refractivity contribution in [1.29, 1.82) is 0 Å². The Bertz CT molecular complexity index is 418. The van der Waals surface area contributed by atoms with Gasteiger partial charge in [-0.15, -0.1) is 11.8 Å². The smallest absolute Gasteiger partial charge is 0.233 e. The molecule has 0 radical (unpaired) electrons. The number of carbonyl (C=O) groups excluding carboxylic acids is 1. The molecule has 1 aliphatic rings. The van der Waals surface area contributed by atoms with Crippen LogP contribution in [0.4, 0.5) is 0 Å². The van der Waals surface area contributed by atoms with E-state index in [9.17, 15) is 4.79 Å². The summed E-state index contributed by atoms with van der Waals surface area (Å²) >= 11 is 1.66. The number of amides is 1. The van der Waals surface area contributed by atoms with Crippen LogP contribution in [0.25, 0.3) is 0 Å². The molecule has 18 heavy (non-hydrogen) atoms. The Morgan fingerprint density at radius 2 is 2.33 bits per heavy atom. The number of thioether (sulfide) groups is 1. The van der Waals surface area contributed by atoms with Gasteiger partial charge in [-0.05, 0) is 37.5 Å². The van der Waals surface area contributed by atoms with Gasteiger partial charge in [0.1, 0.15) is 5.75 Å². The SMILES string of the molecule is COc1cccc(CS[C@H](C)C(=O)NC2CC2)c1. The molecule has 0 bridgehead atoms. The number of ether oxygens (including phenoxy) is 1. The van der Waals surface area contributed by atoms with Crippen LogP contribution >= 0.6 is 11.8 Å². The van der Waals surface area contributed by atoms with Gasteiger partial charge in [0, 0.05) is 11.8 Å². The van der Waals surface area contributed by atoms with Crippen LogP contribution in [0.5, 0.6) is 5.75 Å². The lowest BCUT2D eigenvalue weighted by Gasteiger charge is -2.11. The third-order valence-electron chi connectivity index (χ3n) is 2.93. The molecule has 1 atom stereocenters. The van der Waals surface area contributed by atoms with Crippen LogP contribution in [0, 0.1) is 0 Å². The van der Waals surface area contributed by atoms with Crippen molar-refractivity contribution in [2.45, 2.75) is 36.8 Å². The van der Waals surface area contributed by atoms with Crippen LogP contribution in [0.1, 0.15) is 25.3 Å². The van der Waals surface area contributed by atoms with Crippen molar-refractivity contribution < 1.29 is 9.53 Å². The van der Waals surface area contributed by atoms with Crippen LogP contribution in [0.3, 0.4) is 0 Å². The molecular formula is C14H19NO2S. The largest absolute Gasteiger partial charge is 0.497 e. The Balaban J connectivity index is 1.80. The summed E-state index contributed by atoms with van der Waals surface area (Å²) in [6, 6.07) is 8.41. The summed E-state index contributed by atoms with van der Waals surface area (Å²) in [4.78, 5) is 11.8. The van der Waals surface area contributed by atoms with Gasteiger partial charge in [-0.2, -0.15) is 0 Å². The molecule has 0 saturated heterocycles. The van der Waals surface area contributed by atoms with Crippen LogP contribution in [0.15, 0.2) is 24.3 Å². The highest BCUT2D eigenvalue weighted by atomic mass is 32.2. The summed E-state index contributed by atoms with van der Waals surface area (Å²) in [6.07, 6.45) is 2.28. The summed E-state index contributed by atoms with van der Waals surface area (Å²) in [5.74, 6) is 1.85. The molecule has 0 unspecified atom stereocenters. The van der Waals surface area contributed by atoms with E-state index in [1.54, 1.807) is 18.9 Å². The molecule has 1 fully saturated rings. The average Bonchev–Trinajstić information content (AvgIpc) is 3.20. The predicted molar refractivity (Wildman–Crippen MR) is 74.9 cm³/mol. The average molecular weight is 265 g/mol. The van der Waals surface area contributed by atoms with Crippen LogP contribution in [-0.2, 0) is 10.5 Å². The summed E-state index contributed by atoms with van der Waals surface area (Å²) in [7, 11) is 1.66. The third kappa shape index (κ3) is 3.95. The first-order chi connectivity index (χ1) is 8.69. The summed E-state index contributed by atoms with van der Waals surface area (Å²) in [5.41, 5.74) is 1.19. The molecule has 1 amide bonds. The van der Waals surface area contributed by atoms with E-state index in [-0.39, 0.29) is 11.2 Å². The summed E-state index contributed by atoms with van der Waals surface area (Å²) in [6.45, 7) is 1.96. The molecule has 1 saturated carbocycles. The number of nitrogens with one attached hydrogen (secondary N) is 1. The zero-order chi connectivity index (χ0) is 13.0. The normalized spacial score (nSPS) is 16.1. The number of carbonyl (C=O) groups is 1. The molecule has 3 nitrogen and oxygen atoms in total. The van der Waals surface area contributed by atoms with E-state index in [0.29, 0.717) is 6.04 Å². The minimum absolute atomic E-state index is 0.00296. The van der Waals surface area contributed by atoms with E-state index in [2.05, 4.69) is 11.4 Å². The van der Waals surface area contributed by atoms with E-state index in [1.807, 2.05) is 25.1 Å². The highest BCUT2D eigenvalue weighted by molar-refractivity contribution is 7.99. The second-order valence-corrected chi connectivity index (χ2v) is 5.92. The van der Waals surface area contributed by atoms with Crippen molar-refractivity contribution in [3.8, 4) is 5.75 Å². The topological polar surface area (TPSA) is 38.3 Å². The van der Waals surface area contributed by atoms with Crippen molar-refractivity contribution >= 4 is 17.7 Å². The third-order valence-corrected chi connectivity index (χ3v) is 4.14. The first-order valence-corrected chi connectivity index (χ1v) is 7.29. The van der Waals surface area contributed by atoms with Gasteiger partial charge in [-0.1, -0.05) is 12.1 Å². The Morgan fingerprint density at radius 3 is 3.00 bits per heavy atom. The molecule has 4 heteroatoms. The van der Waals surface area contributed by atoms with Crippen molar-refractivity contribution in [3.05, 3.63) is 29.8 Å². The monoisotopic (exact) mass is 265 g/mol. The maximum atomic E-state index is 11.8. The fourth-order valence-corrected chi connectivity index (χ4v) is 2.45. The van der Waals surface area contributed by atoms with Crippen molar-refractivity contribution in [2.24, 2.45) is 0 Å². The number of rotatable bonds is 6. The van der Waals surface area contributed by atoms with Crippen LogP contribution in [-0.4, -0.2) is 24.3 Å². The fraction of sp³-hybridized carbons (Fsp3) is 0.500. The van der Waals surface area contributed by atoms with Crippen molar-refractivity contribution in [2.75, 3.05) is 7.11 Å². The lowest BCUT2D eigenvalue weighted by atomic mass is 10.2. The molecule has 2 rings (SSSR count). The van der Waals surface area contributed by atoms with Gasteiger partial charge in [-0.3, -0.25) is 4.79 Å². The zero-order valence-electron chi connectivity index (χ0n) is 10.8. The van der Waals surface area contributed by atoms with Gasteiger partial charge in [-0.25, -0.2) is 0 Å². The summed E-state index contributed by atoms with van der Waals surface area (Å²) < 4.78 is 5.18. The quantitative estimate of drug-likeness (QED) is 0.859. The lowest BCUT2D eigenvalue weighted by molar-refractivity contribution is -0.120. The predicted octanol–water partition coefficient (Wildman–Crippen LogP) is 2.60. The van der Waals surface area contributed by atoms with E-state index in [4.69, 9.17) is 4.74 Å². The van der Waals surface area contributed by atoms with Gasteiger partial charge in [0.2, 0.25) is 5.91 Å². The summed E-state index contributed by atoms with van der Waals surface area (Å²) in [5, 5.41) is 3.03. The molecule has 0 heterocycles. The van der Waals surface area contributed by atoms with E-state index >= 15 is 0 Å². The Hall–Kier alpha value is -1.16. The highest BCUT2D eigenvalue weighted by Gasteiger charge is 2.25. The molecule has 1 aliphatic carbocycles. The maximum Gasteiger partial charge on any atom is 0.233 e. The Morgan fingerprint density at radius 1 is 1.56 bits per heavy atom. The minimum Gasteiger partial charge on any atom is -0.497 e. The van der Waals surface area contributed by atoms with Gasteiger partial charge >= 0.3 is 0 Å². The zero-order valence-corrected chi connectivity index (χ0v) is 11.6. The molecule has 0 aromatic heterocycles. The van der Waals surface area contributed by atoms with Gasteiger partial charge in [0.15, 0.2) is 0 Å². The van der Waals surface area contributed by atoms with Gasteiger partial charge < -0.3 is 10.1 Å². The first kappa shape index (κ1) is 13.3. The maximum absolute atomic E-state index is 11.8. The van der Waals surface area contributed by atoms with Gasteiger partial charge in [0.25, 0.3) is 0 Å². The first-order valence-electron chi connectivity index (χ1n) is 6.24. The number of hydrogen-bond donors (Lipinski definition) is 1.